The van der Waals surface area contributed by atoms with E-state index in [2.05, 4.69) is 41.4 Å². The topological polar surface area (TPSA) is 42.3 Å². The molecule has 0 aliphatic carbocycles. The number of aromatic nitrogens is 2. The average Bonchev–Trinajstić information content (AvgIpc) is 3.01. The smallest absolute Gasteiger partial charge is 0.0945 e. The first-order valence-electron chi connectivity index (χ1n) is 8.00. The first-order chi connectivity index (χ1) is 11.2. The summed E-state index contributed by atoms with van der Waals surface area (Å²) in [6.45, 7) is 5.55. The van der Waals surface area contributed by atoms with Gasteiger partial charge in [-0.1, -0.05) is 23.7 Å². The minimum absolute atomic E-state index is 0.0597. The summed E-state index contributed by atoms with van der Waals surface area (Å²) in [7, 11) is 2.13. The lowest BCUT2D eigenvalue weighted by molar-refractivity contribution is -0.0291. The summed E-state index contributed by atoms with van der Waals surface area (Å²) in [5, 5.41) is 8.66. The van der Waals surface area contributed by atoms with Crippen LogP contribution in [-0.2, 0) is 11.3 Å². The molecule has 0 bridgehead atoms. The molecule has 1 aromatic heterocycles. The van der Waals surface area contributed by atoms with Crippen LogP contribution >= 0.6 is 11.6 Å². The Morgan fingerprint density at radius 3 is 2.83 bits per heavy atom. The van der Waals surface area contributed by atoms with Crippen LogP contribution in [0.25, 0.3) is 0 Å². The van der Waals surface area contributed by atoms with Crippen molar-refractivity contribution < 1.29 is 4.74 Å². The maximum Gasteiger partial charge on any atom is 0.0945 e. The van der Waals surface area contributed by atoms with Gasteiger partial charge in [-0.25, -0.2) is 0 Å². The Kier molecular flexibility index (Phi) is 5.20. The third-order valence-electron chi connectivity index (χ3n) is 4.18. The number of benzene rings is 1. The van der Waals surface area contributed by atoms with E-state index >= 15 is 0 Å². The summed E-state index contributed by atoms with van der Waals surface area (Å²) in [4.78, 5) is 2.30. The number of likely N-dealkylation sites (N-methyl/N-ethyl adjacent to an activating group) is 1. The highest BCUT2D eigenvalue weighted by Gasteiger charge is 2.28. The molecule has 124 valence electrons. The molecule has 2 aromatic rings. The second-order valence-electron chi connectivity index (χ2n) is 5.93. The van der Waals surface area contributed by atoms with Crippen LogP contribution in [0.2, 0.25) is 5.02 Å². The molecule has 0 amide bonds. The second kappa shape index (κ2) is 7.34. The van der Waals surface area contributed by atoms with Gasteiger partial charge < -0.3 is 15.0 Å². The predicted octanol–water partition coefficient (Wildman–Crippen LogP) is 3.04. The fourth-order valence-corrected chi connectivity index (χ4v) is 2.99. The van der Waals surface area contributed by atoms with Gasteiger partial charge in [0, 0.05) is 30.9 Å². The van der Waals surface area contributed by atoms with Gasteiger partial charge in [0.2, 0.25) is 0 Å². The lowest BCUT2D eigenvalue weighted by Crippen LogP contribution is -2.44. The Bertz CT molecular complexity index is 628. The van der Waals surface area contributed by atoms with Gasteiger partial charge in [-0.05, 0) is 31.7 Å². The quantitative estimate of drug-likeness (QED) is 0.912. The number of ether oxygens (including phenoxy) is 1. The molecule has 1 fully saturated rings. The van der Waals surface area contributed by atoms with Crippen LogP contribution < -0.4 is 5.32 Å². The SMILES string of the molecule is CCn1cc(NC(c2ccc(Cl)cc2)C2CN(C)CCO2)cn1. The Hall–Kier alpha value is -1.56. The van der Waals surface area contributed by atoms with E-state index in [1.807, 2.05) is 29.2 Å². The molecule has 3 rings (SSSR count). The highest BCUT2D eigenvalue weighted by molar-refractivity contribution is 6.30. The molecule has 0 radical (unpaired) electrons. The zero-order valence-electron chi connectivity index (χ0n) is 13.6. The third-order valence-corrected chi connectivity index (χ3v) is 4.43. The molecular formula is C17H23ClN4O. The van der Waals surface area contributed by atoms with Crippen molar-refractivity contribution >= 4 is 17.3 Å². The molecule has 2 unspecified atom stereocenters. The average molecular weight is 335 g/mol. The number of aryl methyl sites for hydroxylation is 1. The fraction of sp³-hybridized carbons (Fsp3) is 0.471. The minimum Gasteiger partial charge on any atom is -0.373 e. The molecule has 1 saturated heterocycles. The van der Waals surface area contributed by atoms with Crippen molar-refractivity contribution in [2.24, 2.45) is 0 Å². The summed E-state index contributed by atoms with van der Waals surface area (Å²) >= 11 is 6.03. The van der Waals surface area contributed by atoms with E-state index in [4.69, 9.17) is 16.3 Å². The highest BCUT2D eigenvalue weighted by Crippen LogP contribution is 2.27. The zero-order valence-corrected chi connectivity index (χ0v) is 14.3. The summed E-state index contributed by atoms with van der Waals surface area (Å²) in [5.41, 5.74) is 2.17. The molecule has 23 heavy (non-hydrogen) atoms. The first-order valence-corrected chi connectivity index (χ1v) is 8.38. The number of halogens is 1. The highest BCUT2D eigenvalue weighted by atomic mass is 35.5. The summed E-state index contributed by atoms with van der Waals surface area (Å²) in [6, 6.07) is 8.02. The van der Waals surface area contributed by atoms with Crippen LogP contribution in [0.15, 0.2) is 36.7 Å². The summed E-state index contributed by atoms with van der Waals surface area (Å²) in [5.74, 6) is 0. The number of nitrogens with one attached hydrogen (secondary N) is 1. The van der Waals surface area contributed by atoms with E-state index in [1.54, 1.807) is 0 Å². The van der Waals surface area contributed by atoms with E-state index < -0.39 is 0 Å². The first kappa shape index (κ1) is 16.3. The van der Waals surface area contributed by atoms with Crippen LogP contribution in [0.1, 0.15) is 18.5 Å². The van der Waals surface area contributed by atoms with Crippen molar-refractivity contribution in [1.29, 1.82) is 0 Å². The van der Waals surface area contributed by atoms with Crippen LogP contribution in [0.4, 0.5) is 5.69 Å². The van der Waals surface area contributed by atoms with Gasteiger partial charge >= 0.3 is 0 Å². The molecule has 1 aromatic carbocycles. The number of rotatable bonds is 5. The molecule has 1 N–H and O–H groups in total. The van der Waals surface area contributed by atoms with Crippen LogP contribution in [-0.4, -0.2) is 47.5 Å². The molecule has 0 spiro atoms. The lowest BCUT2D eigenvalue weighted by Gasteiger charge is -2.36. The van der Waals surface area contributed by atoms with Crippen molar-refractivity contribution in [3.8, 4) is 0 Å². The number of anilines is 1. The largest absolute Gasteiger partial charge is 0.373 e. The van der Waals surface area contributed by atoms with E-state index in [9.17, 15) is 0 Å². The van der Waals surface area contributed by atoms with E-state index in [0.717, 1.165) is 37.0 Å². The molecule has 2 atom stereocenters. The van der Waals surface area contributed by atoms with Crippen molar-refractivity contribution in [3.63, 3.8) is 0 Å². The zero-order chi connectivity index (χ0) is 16.2. The van der Waals surface area contributed by atoms with Gasteiger partial charge in [-0.3, -0.25) is 4.68 Å². The van der Waals surface area contributed by atoms with Crippen LogP contribution in [0.5, 0.6) is 0 Å². The van der Waals surface area contributed by atoms with Gasteiger partial charge in [0.15, 0.2) is 0 Å². The Balaban J connectivity index is 1.84. The minimum atomic E-state index is 0.0597. The number of hydrogen-bond acceptors (Lipinski definition) is 4. The van der Waals surface area contributed by atoms with Gasteiger partial charge in [0.25, 0.3) is 0 Å². The second-order valence-corrected chi connectivity index (χ2v) is 6.37. The molecule has 1 aliphatic rings. The maximum absolute atomic E-state index is 6.04. The Labute approximate surface area is 142 Å². The van der Waals surface area contributed by atoms with Crippen molar-refractivity contribution in [3.05, 3.63) is 47.2 Å². The predicted molar refractivity (Wildman–Crippen MR) is 93.0 cm³/mol. The van der Waals surface area contributed by atoms with Crippen LogP contribution in [0, 0.1) is 0 Å². The fourth-order valence-electron chi connectivity index (χ4n) is 2.86. The maximum atomic E-state index is 6.04. The van der Waals surface area contributed by atoms with Gasteiger partial charge in [-0.2, -0.15) is 5.10 Å². The Morgan fingerprint density at radius 2 is 2.17 bits per heavy atom. The van der Waals surface area contributed by atoms with Gasteiger partial charge in [0.05, 0.1) is 30.6 Å². The number of hydrogen-bond donors (Lipinski definition) is 1. The molecule has 6 heteroatoms. The monoisotopic (exact) mass is 334 g/mol. The van der Waals surface area contributed by atoms with Gasteiger partial charge in [0.1, 0.15) is 0 Å². The molecule has 1 aliphatic heterocycles. The standard InChI is InChI=1S/C17H23ClN4O/c1-3-22-11-15(10-19-22)20-17(13-4-6-14(18)7-5-13)16-12-21(2)8-9-23-16/h4-7,10-11,16-17,20H,3,8-9,12H2,1-2H3. The summed E-state index contributed by atoms with van der Waals surface area (Å²) < 4.78 is 7.95. The molecule has 0 saturated carbocycles. The van der Waals surface area contributed by atoms with Crippen molar-refractivity contribution in [2.75, 3.05) is 32.1 Å². The van der Waals surface area contributed by atoms with Crippen LogP contribution in [0.3, 0.4) is 0 Å². The van der Waals surface area contributed by atoms with E-state index in [0.29, 0.717) is 0 Å². The van der Waals surface area contributed by atoms with Crippen molar-refractivity contribution in [1.82, 2.24) is 14.7 Å². The van der Waals surface area contributed by atoms with E-state index in [-0.39, 0.29) is 12.1 Å². The Morgan fingerprint density at radius 1 is 1.39 bits per heavy atom. The van der Waals surface area contributed by atoms with Crippen molar-refractivity contribution in [2.45, 2.75) is 25.6 Å². The number of nitrogens with zero attached hydrogens (tertiary/aromatic N) is 3. The number of morpholine rings is 1. The lowest BCUT2D eigenvalue weighted by atomic mass is 10.00. The summed E-state index contributed by atoms with van der Waals surface area (Å²) in [6.07, 6.45) is 3.97. The normalized spacial score (nSPS) is 20.4. The van der Waals surface area contributed by atoms with E-state index in [1.165, 1.54) is 5.56 Å². The molecule has 5 nitrogen and oxygen atoms in total. The third kappa shape index (κ3) is 4.05. The molecular weight excluding hydrogens is 312 g/mol. The molecule has 2 heterocycles. The van der Waals surface area contributed by atoms with Gasteiger partial charge in [-0.15, -0.1) is 0 Å².